The highest BCUT2D eigenvalue weighted by molar-refractivity contribution is 5.73. The molecule has 0 spiro atoms. The summed E-state index contributed by atoms with van der Waals surface area (Å²) in [6.45, 7) is 1.45. The standard InChI is InChI=1S/C5H15N7O2/c1-4(13)9-12(8)10-11(7)3-2-5(6)14/h10H,2-3,7-8H2,1H3,(H2,6,14)(H,9,13). The number of hydrazine groups is 5. The van der Waals surface area contributed by atoms with Gasteiger partial charge in [0.15, 0.2) is 0 Å². The van der Waals surface area contributed by atoms with Crippen LogP contribution >= 0.6 is 0 Å². The molecular formula is C5H15N7O2. The zero-order valence-corrected chi connectivity index (χ0v) is 7.86. The molecule has 0 aliphatic heterocycles. The third-order valence-electron chi connectivity index (χ3n) is 1.11. The van der Waals surface area contributed by atoms with Gasteiger partial charge in [0.05, 0.1) is 0 Å². The molecule has 2 amide bonds. The van der Waals surface area contributed by atoms with E-state index >= 15 is 0 Å². The van der Waals surface area contributed by atoms with Crippen LogP contribution in [0.1, 0.15) is 13.3 Å². The summed E-state index contributed by atoms with van der Waals surface area (Å²) >= 11 is 0. The van der Waals surface area contributed by atoms with Crippen LogP contribution in [-0.4, -0.2) is 28.7 Å². The van der Waals surface area contributed by atoms with Crippen LogP contribution in [0.5, 0.6) is 0 Å². The Balaban J connectivity index is 3.65. The van der Waals surface area contributed by atoms with Gasteiger partial charge in [0.2, 0.25) is 11.8 Å². The van der Waals surface area contributed by atoms with Crippen LogP contribution in [0, 0.1) is 0 Å². The summed E-state index contributed by atoms with van der Waals surface area (Å²) in [5.74, 6) is 9.74. The second-order valence-electron chi connectivity index (χ2n) is 2.55. The molecule has 0 aromatic carbocycles. The topological polar surface area (TPSA) is 143 Å². The molecule has 0 aromatic rings. The van der Waals surface area contributed by atoms with Crippen molar-refractivity contribution >= 4 is 11.8 Å². The van der Waals surface area contributed by atoms with E-state index < -0.39 is 5.91 Å². The lowest BCUT2D eigenvalue weighted by molar-refractivity contribution is -0.130. The number of hydrogen-bond donors (Lipinski definition) is 5. The Morgan fingerprint density at radius 2 is 1.93 bits per heavy atom. The van der Waals surface area contributed by atoms with E-state index in [0.29, 0.717) is 0 Å². The number of primary amides is 1. The fourth-order valence-corrected chi connectivity index (χ4v) is 0.614. The van der Waals surface area contributed by atoms with E-state index in [1.807, 2.05) is 0 Å². The SMILES string of the molecule is CC(=O)NN(N)NN(N)CCC(N)=O. The first-order valence-electron chi connectivity index (χ1n) is 3.80. The van der Waals surface area contributed by atoms with Crippen molar-refractivity contribution in [3.8, 4) is 0 Å². The zero-order chi connectivity index (χ0) is 11.1. The highest BCUT2D eigenvalue weighted by Crippen LogP contribution is 1.78. The van der Waals surface area contributed by atoms with Crippen molar-refractivity contribution in [2.45, 2.75) is 13.3 Å². The smallest absolute Gasteiger partial charge is 0.233 e. The van der Waals surface area contributed by atoms with E-state index in [9.17, 15) is 9.59 Å². The Morgan fingerprint density at radius 1 is 1.36 bits per heavy atom. The molecule has 0 fully saturated rings. The first-order valence-corrected chi connectivity index (χ1v) is 3.80. The molecule has 9 nitrogen and oxygen atoms in total. The molecule has 0 heterocycles. The summed E-state index contributed by atoms with van der Waals surface area (Å²) in [5, 5.41) is 1.78. The molecule has 82 valence electrons. The summed E-state index contributed by atoms with van der Waals surface area (Å²) < 4.78 is 0. The van der Waals surface area contributed by atoms with Crippen molar-refractivity contribution in [3.05, 3.63) is 0 Å². The molecule has 0 atom stereocenters. The molecular weight excluding hydrogens is 190 g/mol. The molecule has 0 saturated heterocycles. The summed E-state index contributed by atoms with van der Waals surface area (Å²) in [6, 6.07) is 0. The summed E-state index contributed by atoms with van der Waals surface area (Å²) in [6.07, 6.45) is 0.0808. The van der Waals surface area contributed by atoms with E-state index in [1.54, 1.807) is 0 Å². The monoisotopic (exact) mass is 205 g/mol. The van der Waals surface area contributed by atoms with Gasteiger partial charge in [-0.2, -0.15) is 5.12 Å². The molecule has 0 radical (unpaired) electrons. The summed E-state index contributed by atoms with van der Waals surface area (Å²) in [5.41, 5.74) is 9.42. The van der Waals surface area contributed by atoms with E-state index in [0.717, 1.165) is 10.3 Å². The molecule has 0 aliphatic rings. The number of hydrogen-bond acceptors (Lipinski definition) is 7. The van der Waals surface area contributed by atoms with Crippen molar-refractivity contribution < 1.29 is 9.59 Å². The van der Waals surface area contributed by atoms with Crippen LogP contribution in [0.25, 0.3) is 0 Å². The van der Waals surface area contributed by atoms with Crippen molar-refractivity contribution in [1.29, 1.82) is 0 Å². The van der Waals surface area contributed by atoms with Gasteiger partial charge in [-0.15, -0.1) is 5.53 Å². The number of carbonyl (C=O) groups is 2. The molecule has 0 aliphatic carbocycles. The van der Waals surface area contributed by atoms with Crippen molar-refractivity contribution in [2.75, 3.05) is 6.54 Å². The number of nitrogens with one attached hydrogen (secondary N) is 2. The lowest BCUT2D eigenvalue weighted by Gasteiger charge is -2.23. The maximum absolute atomic E-state index is 10.5. The minimum Gasteiger partial charge on any atom is -0.370 e. The first kappa shape index (κ1) is 12.7. The summed E-state index contributed by atoms with van der Waals surface area (Å²) in [4.78, 5) is 20.9. The maximum Gasteiger partial charge on any atom is 0.233 e. The predicted octanol–water partition coefficient (Wildman–Crippen LogP) is -3.32. The third kappa shape index (κ3) is 7.39. The first-order chi connectivity index (χ1) is 6.41. The molecule has 9 heteroatoms. The molecule has 8 N–H and O–H groups in total. The average molecular weight is 205 g/mol. The van der Waals surface area contributed by atoms with Crippen LogP contribution in [-0.2, 0) is 9.59 Å². The lowest BCUT2D eigenvalue weighted by atomic mass is 10.4. The van der Waals surface area contributed by atoms with Crippen molar-refractivity contribution in [2.24, 2.45) is 17.4 Å². The number of nitrogens with two attached hydrogens (primary N) is 3. The van der Waals surface area contributed by atoms with Gasteiger partial charge in [0.1, 0.15) is 0 Å². The fourth-order valence-electron chi connectivity index (χ4n) is 0.614. The van der Waals surface area contributed by atoms with Gasteiger partial charge < -0.3 is 5.73 Å². The Hall–Kier alpha value is -1.26. The second kappa shape index (κ2) is 6.23. The largest absolute Gasteiger partial charge is 0.370 e. The number of nitrogens with zero attached hydrogens (tertiary/aromatic N) is 2. The van der Waals surface area contributed by atoms with Crippen LogP contribution in [0.4, 0.5) is 0 Å². The van der Waals surface area contributed by atoms with Crippen LogP contribution < -0.4 is 28.4 Å². The Kier molecular flexibility index (Phi) is 5.67. The lowest BCUT2D eigenvalue weighted by Crippen LogP contribution is -2.62. The van der Waals surface area contributed by atoms with E-state index in [4.69, 9.17) is 17.4 Å². The molecule has 0 rings (SSSR count). The number of carbonyl (C=O) groups excluding carboxylic acids is 2. The Labute approximate surface area is 81.0 Å². The van der Waals surface area contributed by atoms with E-state index in [-0.39, 0.29) is 18.9 Å². The fraction of sp³-hybridized carbons (Fsp3) is 0.600. The van der Waals surface area contributed by atoms with Gasteiger partial charge in [-0.3, -0.25) is 20.9 Å². The third-order valence-corrected chi connectivity index (χ3v) is 1.11. The van der Waals surface area contributed by atoms with Crippen LogP contribution in [0.2, 0.25) is 0 Å². The van der Waals surface area contributed by atoms with Gasteiger partial charge in [0, 0.05) is 19.9 Å². The van der Waals surface area contributed by atoms with Crippen LogP contribution in [0.3, 0.4) is 0 Å². The van der Waals surface area contributed by atoms with Gasteiger partial charge in [-0.1, -0.05) is 5.23 Å². The van der Waals surface area contributed by atoms with Crippen LogP contribution in [0.15, 0.2) is 0 Å². The molecule has 0 bridgehead atoms. The highest BCUT2D eigenvalue weighted by atomic mass is 16.2. The molecule has 0 aromatic heterocycles. The highest BCUT2D eigenvalue weighted by Gasteiger charge is 2.05. The maximum atomic E-state index is 10.5. The summed E-state index contributed by atoms with van der Waals surface area (Å²) in [7, 11) is 0. The minimum atomic E-state index is -0.481. The molecule has 0 unspecified atom stereocenters. The van der Waals surface area contributed by atoms with Crippen molar-refractivity contribution in [1.82, 2.24) is 21.3 Å². The van der Waals surface area contributed by atoms with Gasteiger partial charge in [0.25, 0.3) is 0 Å². The van der Waals surface area contributed by atoms with Gasteiger partial charge >= 0.3 is 0 Å². The predicted molar refractivity (Wildman–Crippen MR) is 47.7 cm³/mol. The second-order valence-corrected chi connectivity index (χ2v) is 2.55. The number of rotatable bonds is 6. The Bertz CT molecular complexity index is 208. The van der Waals surface area contributed by atoms with Gasteiger partial charge in [-0.05, 0) is 0 Å². The molecule has 14 heavy (non-hydrogen) atoms. The van der Waals surface area contributed by atoms with E-state index in [1.165, 1.54) is 6.92 Å². The zero-order valence-electron chi connectivity index (χ0n) is 7.86. The average Bonchev–Trinajstić information content (AvgIpc) is 1.98. The normalized spacial score (nSPS) is 10.6. The minimum absolute atomic E-state index is 0.0808. The van der Waals surface area contributed by atoms with E-state index in [2.05, 4.69) is 11.0 Å². The quantitative estimate of drug-likeness (QED) is 0.225. The van der Waals surface area contributed by atoms with Gasteiger partial charge in [-0.25, -0.2) is 5.84 Å². The van der Waals surface area contributed by atoms with Crippen molar-refractivity contribution in [3.63, 3.8) is 0 Å². The Morgan fingerprint density at radius 3 is 2.36 bits per heavy atom. The molecule has 0 saturated carbocycles. The number of amides is 2.